The molecule has 30 heavy (non-hydrogen) atoms. The first-order valence-corrected chi connectivity index (χ1v) is 11.6. The Hall–Kier alpha value is -2.61. The topological polar surface area (TPSA) is 58.6 Å². The highest BCUT2D eigenvalue weighted by atomic mass is 79.9. The Balaban J connectivity index is 1.76. The fourth-order valence-corrected chi connectivity index (χ4v) is 4.98. The Labute approximate surface area is 185 Å². The molecule has 154 valence electrons. The van der Waals surface area contributed by atoms with Crippen LogP contribution in [0.5, 0.6) is 5.75 Å². The van der Waals surface area contributed by atoms with Crippen molar-refractivity contribution in [3.05, 3.63) is 100 Å². The molecule has 1 aliphatic heterocycles. The number of halogens is 1. The monoisotopic (exact) mass is 484 g/mol. The number of methoxy groups -OCH3 is 1. The van der Waals surface area contributed by atoms with Crippen LogP contribution in [0.15, 0.2) is 88.2 Å². The first-order valence-electron chi connectivity index (χ1n) is 9.38. The van der Waals surface area contributed by atoms with E-state index < -0.39 is 16.1 Å². The quantitative estimate of drug-likeness (QED) is 0.549. The summed E-state index contributed by atoms with van der Waals surface area (Å²) in [6.07, 6.45) is 1.93. The third kappa shape index (κ3) is 4.01. The molecule has 0 radical (unpaired) electrons. The Morgan fingerprint density at radius 3 is 2.17 bits per heavy atom. The molecular formula is C23H21BrN2O3S. The molecule has 5 nitrogen and oxygen atoms in total. The van der Waals surface area contributed by atoms with Crippen LogP contribution in [0.2, 0.25) is 0 Å². The third-order valence-corrected chi connectivity index (χ3v) is 7.23. The molecule has 0 bridgehead atoms. The highest BCUT2D eigenvalue weighted by molar-refractivity contribution is 9.10. The van der Waals surface area contributed by atoms with E-state index in [1.165, 1.54) is 4.41 Å². The summed E-state index contributed by atoms with van der Waals surface area (Å²) in [5.41, 5.74) is 6.58. The van der Waals surface area contributed by atoms with Crippen LogP contribution in [0.1, 0.15) is 22.7 Å². The largest absolute Gasteiger partial charge is 0.497 e. The first-order chi connectivity index (χ1) is 14.4. The summed E-state index contributed by atoms with van der Waals surface area (Å²) >= 11 is 3.44. The maximum Gasteiger partial charge on any atom is 0.260 e. The minimum absolute atomic E-state index is 0.243. The van der Waals surface area contributed by atoms with Crippen LogP contribution < -0.4 is 10.2 Å². The number of nitrogens with zero attached hydrogens (tertiary/aromatic N) is 1. The molecule has 0 spiro atoms. The predicted molar refractivity (Wildman–Crippen MR) is 121 cm³/mol. The number of hydrogen-bond acceptors (Lipinski definition) is 4. The van der Waals surface area contributed by atoms with Gasteiger partial charge in [-0.05, 0) is 72.7 Å². The zero-order valence-electron chi connectivity index (χ0n) is 16.5. The van der Waals surface area contributed by atoms with Crippen molar-refractivity contribution >= 4 is 31.7 Å². The number of rotatable bonds is 5. The van der Waals surface area contributed by atoms with Gasteiger partial charge in [-0.15, -0.1) is 4.41 Å². The fraction of sp³-hybridized carbons (Fsp3) is 0.130. The summed E-state index contributed by atoms with van der Waals surface area (Å²) in [6, 6.07) is 21.5. The predicted octanol–water partition coefficient (Wildman–Crippen LogP) is 5.06. The first kappa shape index (κ1) is 20.7. The Kier molecular flexibility index (Phi) is 5.69. The molecule has 0 aromatic heterocycles. The fourth-order valence-electron chi connectivity index (χ4n) is 3.31. The number of ether oxygens (including phenoxy) is 1. The van der Waals surface area contributed by atoms with Gasteiger partial charge in [0.05, 0.1) is 23.7 Å². The number of sulfonamides is 1. The van der Waals surface area contributed by atoms with Gasteiger partial charge in [-0.25, -0.2) is 8.42 Å². The van der Waals surface area contributed by atoms with E-state index in [-0.39, 0.29) is 4.90 Å². The Morgan fingerprint density at radius 1 is 0.933 bits per heavy atom. The molecular weight excluding hydrogens is 464 g/mol. The number of nitrogens with one attached hydrogen (secondary N) is 1. The molecule has 0 amide bonds. The normalized spacial score (nSPS) is 16.8. The third-order valence-electron chi connectivity index (χ3n) is 5.00. The van der Waals surface area contributed by atoms with Gasteiger partial charge in [-0.3, -0.25) is 0 Å². The Morgan fingerprint density at radius 2 is 1.57 bits per heavy atom. The molecule has 1 atom stereocenters. The smallest absolute Gasteiger partial charge is 0.260 e. The van der Waals surface area contributed by atoms with Gasteiger partial charge < -0.3 is 10.2 Å². The van der Waals surface area contributed by atoms with Crippen LogP contribution in [0.25, 0.3) is 5.70 Å². The summed E-state index contributed by atoms with van der Waals surface area (Å²) in [5, 5.41) is 0. The van der Waals surface area contributed by atoms with Crippen molar-refractivity contribution in [3.63, 3.8) is 0 Å². The molecule has 7 heteroatoms. The summed E-state index contributed by atoms with van der Waals surface area (Å²) in [4.78, 5) is 0.243. The van der Waals surface area contributed by atoms with Crippen molar-refractivity contribution < 1.29 is 13.2 Å². The molecule has 0 aliphatic carbocycles. The van der Waals surface area contributed by atoms with Crippen molar-refractivity contribution in [2.45, 2.75) is 17.9 Å². The van der Waals surface area contributed by atoms with Crippen molar-refractivity contribution in [3.8, 4) is 5.75 Å². The lowest BCUT2D eigenvalue weighted by Crippen LogP contribution is -2.39. The lowest BCUT2D eigenvalue weighted by Gasteiger charge is -2.25. The van der Waals surface area contributed by atoms with E-state index in [1.54, 1.807) is 31.4 Å². The lowest BCUT2D eigenvalue weighted by atomic mass is 10.1. The Bertz CT molecular complexity index is 1170. The van der Waals surface area contributed by atoms with Crippen LogP contribution in [-0.2, 0) is 10.0 Å². The van der Waals surface area contributed by atoms with Crippen LogP contribution in [0, 0.1) is 6.92 Å². The van der Waals surface area contributed by atoms with Gasteiger partial charge in [-0.1, -0.05) is 45.8 Å². The highest BCUT2D eigenvalue weighted by Crippen LogP contribution is 2.36. The van der Waals surface area contributed by atoms with E-state index >= 15 is 0 Å². The van der Waals surface area contributed by atoms with E-state index in [0.717, 1.165) is 32.6 Å². The summed E-state index contributed by atoms with van der Waals surface area (Å²) in [7, 11) is -2.17. The standard InChI is InChI=1S/C23H21BrN2O3S/c1-16-3-13-21(14-4-16)30(27,28)26-23(18-5-9-19(24)10-6-18)15-22(25-26)17-7-11-20(29-2)12-8-17/h3-15,23,25H,1-2H3. The SMILES string of the molecule is COc1ccc(C2=CC(c3ccc(Br)cc3)N(S(=O)(=O)c3ccc(C)cc3)N2)cc1. The number of benzene rings is 3. The summed E-state index contributed by atoms with van der Waals surface area (Å²) in [5.74, 6) is 0.742. The van der Waals surface area contributed by atoms with Crippen LogP contribution in [0.3, 0.4) is 0 Å². The van der Waals surface area contributed by atoms with Gasteiger partial charge in [0.15, 0.2) is 0 Å². The van der Waals surface area contributed by atoms with Gasteiger partial charge in [-0.2, -0.15) is 0 Å². The second kappa shape index (κ2) is 8.26. The summed E-state index contributed by atoms with van der Waals surface area (Å²) < 4.78 is 34.4. The molecule has 1 heterocycles. The lowest BCUT2D eigenvalue weighted by molar-refractivity contribution is 0.348. The molecule has 1 unspecified atom stereocenters. The zero-order valence-corrected chi connectivity index (χ0v) is 18.9. The number of hydrazine groups is 1. The zero-order chi connectivity index (χ0) is 21.3. The number of hydrogen-bond donors (Lipinski definition) is 1. The van der Waals surface area contributed by atoms with Gasteiger partial charge in [0.1, 0.15) is 5.75 Å². The molecule has 1 N–H and O–H groups in total. The molecule has 0 saturated carbocycles. The van der Waals surface area contributed by atoms with Gasteiger partial charge >= 0.3 is 0 Å². The second-order valence-corrected chi connectivity index (χ2v) is 9.76. The second-order valence-electron chi connectivity index (χ2n) is 7.03. The van der Waals surface area contributed by atoms with E-state index in [1.807, 2.05) is 61.5 Å². The molecule has 4 rings (SSSR count). The van der Waals surface area contributed by atoms with Gasteiger partial charge in [0.2, 0.25) is 0 Å². The minimum Gasteiger partial charge on any atom is -0.497 e. The molecule has 1 aliphatic rings. The van der Waals surface area contributed by atoms with Crippen LogP contribution >= 0.6 is 15.9 Å². The molecule has 0 fully saturated rings. The van der Waals surface area contributed by atoms with E-state index in [0.29, 0.717) is 0 Å². The average Bonchev–Trinajstić information content (AvgIpc) is 3.21. The van der Waals surface area contributed by atoms with Crippen molar-refractivity contribution in [1.82, 2.24) is 9.84 Å². The minimum atomic E-state index is -3.78. The summed E-state index contributed by atoms with van der Waals surface area (Å²) in [6.45, 7) is 1.93. The number of aryl methyl sites for hydroxylation is 1. The van der Waals surface area contributed by atoms with E-state index in [4.69, 9.17) is 4.74 Å². The van der Waals surface area contributed by atoms with Crippen molar-refractivity contribution in [2.75, 3.05) is 7.11 Å². The van der Waals surface area contributed by atoms with Gasteiger partial charge in [0.25, 0.3) is 10.0 Å². The molecule has 0 saturated heterocycles. The molecule has 3 aromatic carbocycles. The van der Waals surface area contributed by atoms with Crippen LogP contribution in [0.4, 0.5) is 0 Å². The van der Waals surface area contributed by atoms with Crippen molar-refractivity contribution in [1.29, 1.82) is 0 Å². The van der Waals surface area contributed by atoms with Crippen molar-refractivity contribution in [2.24, 2.45) is 0 Å². The highest BCUT2D eigenvalue weighted by Gasteiger charge is 2.36. The van der Waals surface area contributed by atoms with Gasteiger partial charge in [0, 0.05) is 4.47 Å². The molecule has 3 aromatic rings. The van der Waals surface area contributed by atoms with E-state index in [2.05, 4.69) is 21.4 Å². The maximum atomic E-state index is 13.5. The van der Waals surface area contributed by atoms with Crippen LogP contribution in [-0.4, -0.2) is 19.9 Å². The maximum absolute atomic E-state index is 13.5. The van der Waals surface area contributed by atoms with E-state index in [9.17, 15) is 8.42 Å². The average molecular weight is 485 g/mol.